The van der Waals surface area contributed by atoms with Crippen LogP contribution in [0, 0.1) is 0 Å². The number of anilines is 1. The number of nitrogens with zero attached hydrogens (tertiary/aromatic N) is 2. The zero-order valence-corrected chi connectivity index (χ0v) is 19.3. The molecule has 8 heteroatoms. The fourth-order valence-corrected chi connectivity index (χ4v) is 6.13. The average Bonchev–Trinajstić information content (AvgIpc) is 3.35. The number of fused-ring (bicyclic) bond motifs is 2. The molecule has 1 saturated heterocycles. The molecule has 3 aromatic rings. The minimum atomic E-state index is -3.97. The summed E-state index contributed by atoms with van der Waals surface area (Å²) in [5, 5.41) is 0.563. The summed E-state index contributed by atoms with van der Waals surface area (Å²) in [4.78, 5) is 29.8. The highest BCUT2D eigenvalue weighted by molar-refractivity contribution is 7.91. The molecule has 0 atom stereocenters. The van der Waals surface area contributed by atoms with E-state index < -0.39 is 15.7 Å². The number of sulfone groups is 1. The van der Waals surface area contributed by atoms with Crippen molar-refractivity contribution in [3.63, 3.8) is 0 Å². The van der Waals surface area contributed by atoms with Crippen LogP contribution in [0.25, 0.3) is 0 Å². The number of carbonyl (C=O) groups is 2. The first-order valence-corrected chi connectivity index (χ1v) is 12.6. The van der Waals surface area contributed by atoms with E-state index in [1.54, 1.807) is 41.3 Å². The van der Waals surface area contributed by atoms with Crippen LogP contribution in [-0.2, 0) is 16.4 Å². The molecule has 0 aliphatic carbocycles. The first-order chi connectivity index (χ1) is 15.9. The molecule has 0 aromatic heterocycles. The molecule has 3 aromatic carbocycles. The maximum absolute atomic E-state index is 13.6. The molecule has 33 heavy (non-hydrogen) atoms. The zero-order chi connectivity index (χ0) is 23.2. The maximum Gasteiger partial charge on any atom is 0.259 e. The van der Waals surface area contributed by atoms with Crippen LogP contribution in [0.4, 0.5) is 5.69 Å². The van der Waals surface area contributed by atoms with Gasteiger partial charge in [-0.15, -0.1) is 0 Å². The van der Waals surface area contributed by atoms with Gasteiger partial charge in [-0.1, -0.05) is 35.9 Å². The Morgan fingerprint density at radius 1 is 0.909 bits per heavy atom. The standard InChI is InChI=1S/C25H21ClN2O4S/c26-19-10-7-17(8-11-19)16-28-21-15-18(24(29)27-13-3-4-14-27)9-12-23(21)33(31,32)22-6-2-1-5-20(22)25(28)30/h1-2,5-12,15H,3-4,13-14,16H2. The van der Waals surface area contributed by atoms with Gasteiger partial charge in [0, 0.05) is 23.7 Å². The van der Waals surface area contributed by atoms with Crippen molar-refractivity contribution in [1.29, 1.82) is 0 Å². The second kappa shape index (κ2) is 8.32. The fraction of sp³-hybridized carbons (Fsp3) is 0.200. The number of benzene rings is 3. The minimum absolute atomic E-state index is 0.00716. The summed E-state index contributed by atoms with van der Waals surface area (Å²) >= 11 is 6.01. The molecule has 0 saturated carbocycles. The van der Waals surface area contributed by atoms with Crippen LogP contribution in [0.5, 0.6) is 0 Å². The smallest absolute Gasteiger partial charge is 0.259 e. The van der Waals surface area contributed by atoms with Crippen LogP contribution in [0.2, 0.25) is 5.02 Å². The lowest BCUT2D eigenvalue weighted by Crippen LogP contribution is -2.31. The minimum Gasteiger partial charge on any atom is -0.339 e. The molecule has 0 spiro atoms. The van der Waals surface area contributed by atoms with Crippen molar-refractivity contribution >= 4 is 38.9 Å². The van der Waals surface area contributed by atoms with Gasteiger partial charge < -0.3 is 9.80 Å². The van der Waals surface area contributed by atoms with Gasteiger partial charge in [0.1, 0.15) is 0 Å². The monoisotopic (exact) mass is 480 g/mol. The van der Waals surface area contributed by atoms with E-state index in [9.17, 15) is 18.0 Å². The number of hydrogen-bond acceptors (Lipinski definition) is 4. The molecule has 2 amide bonds. The third kappa shape index (κ3) is 3.81. The van der Waals surface area contributed by atoms with Gasteiger partial charge in [0.25, 0.3) is 11.8 Å². The lowest BCUT2D eigenvalue weighted by molar-refractivity contribution is 0.0792. The van der Waals surface area contributed by atoms with E-state index in [2.05, 4.69) is 0 Å². The summed E-state index contributed by atoms with van der Waals surface area (Å²) in [6, 6.07) is 17.7. The SMILES string of the molecule is O=C(c1ccc2c(c1)N(Cc1ccc(Cl)cc1)C(=O)c1ccccc1S2(=O)=O)N1CCCC1. The molecule has 168 valence electrons. The number of halogens is 1. The van der Waals surface area contributed by atoms with E-state index in [1.807, 2.05) is 0 Å². The Balaban J connectivity index is 1.69. The van der Waals surface area contributed by atoms with Gasteiger partial charge in [0.2, 0.25) is 9.84 Å². The largest absolute Gasteiger partial charge is 0.339 e. The van der Waals surface area contributed by atoms with Crippen molar-refractivity contribution in [2.45, 2.75) is 29.2 Å². The van der Waals surface area contributed by atoms with Gasteiger partial charge in [-0.25, -0.2) is 8.42 Å². The maximum atomic E-state index is 13.6. The first kappa shape index (κ1) is 21.7. The van der Waals surface area contributed by atoms with E-state index in [0.29, 0.717) is 23.7 Å². The van der Waals surface area contributed by atoms with E-state index in [4.69, 9.17) is 11.6 Å². The highest BCUT2D eigenvalue weighted by Gasteiger charge is 2.36. The van der Waals surface area contributed by atoms with Gasteiger partial charge in [-0.05, 0) is 60.9 Å². The molecule has 0 N–H and O–H groups in total. The summed E-state index contributed by atoms with van der Waals surface area (Å²) in [6.45, 7) is 1.48. The van der Waals surface area contributed by atoms with Crippen LogP contribution < -0.4 is 4.90 Å². The molecular weight excluding hydrogens is 460 g/mol. The topological polar surface area (TPSA) is 74.8 Å². The predicted molar refractivity (Wildman–Crippen MR) is 125 cm³/mol. The normalized spacial score (nSPS) is 16.8. The molecule has 1 fully saturated rings. The van der Waals surface area contributed by atoms with Crippen molar-refractivity contribution in [3.8, 4) is 0 Å². The Morgan fingerprint density at radius 3 is 2.33 bits per heavy atom. The number of likely N-dealkylation sites (tertiary alicyclic amines) is 1. The molecule has 0 radical (unpaired) electrons. The Bertz CT molecular complexity index is 1360. The van der Waals surface area contributed by atoms with E-state index in [0.717, 1.165) is 18.4 Å². The average molecular weight is 481 g/mol. The van der Waals surface area contributed by atoms with Gasteiger partial charge in [0.05, 0.1) is 27.6 Å². The fourth-order valence-electron chi connectivity index (χ4n) is 4.37. The molecule has 6 nitrogen and oxygen atoms in total. The van der Waals surface area contributed by atoms with Crippen LogP contribution >= 0.6 is 11.6 Å². The van der Waals surface area contributed by atoms with Crippen molar-refractivity contribution < 1.29 is 18.0 Å². The summed E-state index contributed by atoms with van der Waals surface area (Å²) < 4.78 is 27.1. The van der Waals surface area contributed by atoms with Crippen molar-refractivity contribution in [1.82, 2.24) is 4.90 Å². The van der Waals surface area contributed by atoms with Crippen molar-refractivity contribution in [2.75, 3.05) is 18.0 Å². The Morgan fingerprint density at radius 2 is 1.61 bits per heavy atom. The highest BCUT2D eigenvalue weighted by atomic mass is 35.5. The zero-order valence-electron chi connectivity index (χ0n) is 17.7. The van der Waals surface area contributed by atoms with Crippen LogP contribution in [0.3, 0.4) is 0 Å². The lowest BCUT2D eigenvalue weighted by atomic mass is 10.1. The third-order valence-electron chi connectivity index (χ3n) is 6.09. The molecule has 5 rings (SSSR count). The number of amides is 2. The number of hydrogen-bond donors (Lipinski definition) is 0. The second-order valence-corrected chi connectivity index (χ2v) is 10.5. The van der Waals surface area contributed by atoms with E-state index >= 15 is 0 Å². The quantitative estimate of drug-likeness (QED) is 0.550. The molecule has 2 aliphatic heterocycles. The van der Waals surface area contributed by atoms with Crippen molar-refractivity contribution in [3.05, 3.63) is 88.4 Å². The molecular formula is C25H21ClN2O4S. The van der Waals surface area contributed by atoms with Gasteiger partial charge in [0.15, 0.2) is 0 Å². The summed E-state index contributed by atoms with van der Waals surface area (Å²) in [5.41, 5.74) is 1.46. The molecule has 2 aliphatic rings. The number of carbonyl (C=O) groups excluding carboxylic acids is 2. The molecule has 0 unspecified atom stereocenters. The van der Waals surface area contributed by atoms with Crippen LogP contribution in [-0.4, -0.2) is 38.2 Å². The Hall–Kier alpha value is -3.16. The van der Waals surface area contributed by atoms with Crippen LogP contribution in [0.1, 0.15) is 39.1 Å². The van der Waals surface area contributed by atoms with E-state index in [-0.39, 0.29) is 33.5 Å². The molecule has 0 bridgehead atoms. The first-order valence-electron chi connectivity index (χ1n) is 10.7. The van der Waals surface area contributed by atoms with E-state index in [1.165, 1.54) is 35.2 Å². The van der Waals surface area contributed by atoms with Gasteiger partial charge >= 0.3 is 0 Å². The molecule has 2 heterocycles. The summed E-state index contributed by atoms with van der Waals surface area (Å²) in [5.74, 6) is -0.595. The number of rotatable bonds is 3. The second-order valence-electron chi connectivity index (χ2n) is 8.20. The highest BCUT2D eigenvalue weighted by Crippen LogP contribution is 2.38. The lowest BCUT2D eigenvalue weighted by Gasteiger charge is -2.24. The summed E-state index contributed by atoms with van der Waals surface area (Å²) in [6.07, 6.45) is 1.89. The van der Waals surface area contributed by atoms with Gasteiger partial charge in [-0.2, -0.15) is 0 Å². The van der Waals surface area contributed by atoms with Gasteiger partial charge in [-0.3, -0.25) is 9.59 Å². The Labute approximate surface area is 197 Å². The Kier molecular flexibility index (Phi) is 5.46. The predicted octanol–water partition coefficient (Wildman–Crippen LogP) is 4.57. The van der Waals surface area contributed by atoms with Crippen molar-refractivity contribution in [2.24, 2.45) is 0 Å². The van der Waals surface area contributed by atoms with Crippen LogP contribution in [0.15, 0.2) is 76.5 Å². The third-order valence-corrected chi connectivity index (χ3v) is 8.20. The summed E-state index contributed by atoms with van der Waals surface area (Å²) in [7, 11) is -3.97.